The molecule has 0 spiro atoms. The fraction of sp³-hybridized carbons (Fsp3) is 0. The molecule has 5 heteroatoms. The van der Waals surface area contributed by atoms with Crippen LogP contribution in [-0.4, -0.2) is 11.4 Å². The van der Waals surface area contributed by atoms with E-state index in [1.54, 1.807) is 0 Å². The topological polar surface area (TPSA) is 61.1 Å². The Hall–Kier alpha value is -2.38. The summed E-state index contributed by atoms with van der Waals surface area (Å²) < 4.78 is 13.9. The number of benzene rings is 2. The number of phenols is 1. The Balaban J connectivity index is 2.63. The maximum atomic E-state index is 13.9. The number of nitriles is 1. The monoisotopic (exact) mass is 275 g/mol. The Kier molecular flexibility index (Phi) is 3.50. The normalized spacial score (nSPS) is 9.95. The van der Waals surface area contributed by atoms with Crippen LogP contribution in [0.1, 0.15) is 15.9 Å². The molecule has 0 radical (unpaired) electrons. The van der Waals surface area contributed by atoms with E-state index in [0.29, 0.717) is 6.29 Å². The lowest BCUT2D eigenvalue weighted by molar-refractivity contribution is 0.112. The van der Waals surface area contributed by atoms with E-state index in [1.807, 2.05) is 6.07 Å². The zero-order valence-electron chi connectivity index (χ0n) is 9.52. The summed E-state index contributed by atoms with van der Waals surface area (Å²) in [5, 5.41) is 18.6. The van der Waals surface area contributed by atoms with Crippen LogP contribution in [0.4, 0.5) is 4.39 Å². The largest absolute Gasteiger partial charge is 0.507 e. The van der Waals surface area contributed by atoms with Gasteiger partial charge in [-0.2, -0.15) is 5.26 Å². The number of halogens is 2. The summed E-state index contributed by atoms with van der Waals surface area (Å²) in [7, 11) is 0. The highest BCUT2D eigenvalue weighted by Crippen LogP contribution is 2.34. The zero-order valence-corrected chi connectivity index (χ0v) is 10.3. The van der Waals surface area contributed by atoms with Gasteiger partial charge in [-0.15, -0.1) is 0 Å². The van der Waals surface area contributed by atoms with Crippen molar-refractivity contribution in [3.8, 4) is 22.9 Å². The van der Waals surface area contributed by atoms with Crippen molar-refractivity contribution in [1.82, 2.24) is 0 Å². The van der Waals surface area contributed by atoms with Crippen molar-refractivity contribution >= 4 is 17.9 Å². The van der Waals surface area contributed by atoms with Crippen LogP contribution in [0.3, 0.4) is 0 Å². The summed E-state index contributed by atoms with van der Waals surface area (Å²) >= 11 is 5.83. The maximum Gasteiger partial charge on any atom is 0.151 e. The number of carbonyl (C=O) groups is 1. The van der Waals surface area contributed by atoms with Gasteiger partial charge in [0.2, 0.25) is 0 Å². The van der Waals surface area contributed by atoms with Gasteiger partial charge >= 0.3 is 0 Å². The van der Waals surface area contributed by atoms with Gasteiger partial charge in [0.05, 0.1) is 16.7 Å². The Morgan fingerprint density at radius 1 is 1.26 bits per heavy atom. The van der Waals surface area contributed by atoms with Gasteiger partial charge in [0.25, 0.3) is 0 Å². The lowest BCUT2D eigenvalue weighted by atomic mass is 10.0. The Morgan fingerprint density at radius 3 is 2.58 bits per heavy atom. The number of hydrogen-bond donors (Lipinski definition) is 1. The number of aldehydes is 1. The van der Waals surface area contributed by atoms with Gasteiger partial charge in [0.15, 0.2) is 6.29 Å². The van der Waals surface area contributed by atoms with Crippen LogP contribution in [0.25, 0.3) is 11.1 Å². The maximum absolute atomic E-state index is 13.9. The summed E-state index contributed by atoms with van der Waals surface area (Å²) in [5.41, 5.74) is 0.571. The van der Waals surface area contributed by atoms with Crippen molar-refractivity contribution in [2.75, 3.05) is 0 Å². The summed E-state index contributed by atoms with van der Waals surface area (Å²) in [6.07, 6.45) is 0.452. The third kappa shape index (κ3) is 2.42. The Labute approximate surface area is 113 Å². The van der Waals surface area contributed by atoms with Crippen LogP contribution in [0.2, 0.25) is 5.02 Å². The SMILES string of the molecule is N#Cc1ccc(-c2cc(Cl)c(C=O)cc2F)c(O)c1. The van der Waals surface area contributed by atoms with E-state index in [9.17, 15) is 14.3 Å². The third-order valence-electron chi connectivity index (χ3n) is 2.63. The first-order valence-electron chi connectivity index (χ1n) is 5.24. The molecule has 0 aliphatic rings. The lowest BCUT2D eigenvalue weighted by Crippen LogP contribution is -1.91. The van der Waals surface area contributed by atoms with Gasteiger partial charge < -0.3 is 5.11 Å². The van der Waals surface area contributed by atoms with Crippen LogP contribution in [0, 0.1) is 17.1 Å². The number of aromatic hydroxyl groups is 1. The Morgan fingerprint density at radius 2 is 2.00 bits per heavy atom. The van der Waals surface area contributed by atoms with E-state index < -0.39 is 5.82 Å². The van der Waals surface area contributed by atoms with Crippen molar-refractivity contribution in [3.63, 3.8) is 0 Å². The third-order valence-corrected chi connectivity index (χ3v) is 2.96. The molecule has 0 fully saturated rings. The van der Waals surface area contributed by atoms with Gasteiger partial charge in [0, 0.05) is 16.7 Å². The molecule has 0 heterocycles. The molecule has 0 amide bonds. The number of nitrogens with zero attached hydrogens (tertiary/aromatic N) is 1. The van der Waals surface area contributed by atoms with Crippen LogP contribution in [0.5, 0.6) is 5.75 Å². The molecule has 19 heavy (non-hydrogen) atoms. The molecule has 0 saturated carbocycles. The molecule has 3 nitrogen and oxygen atoms in total. The molecule has 0 aliphatic carbocycles. The molecule has 0 aliphatic heterocycles. The van der Waals surface area contributed by atoms with E-state index in [4.69, 9.17) is 16.9 Å². The molecule has 94 valence electrons. The number of carbonyl (C=O) groups excluding carboxylic acids is 1. The highest BCUT2D eigenvalue weighted by atomic mass is 35.5. The summed E-state index contributed by atoms with van der Waals surface area (Å²) in [6, 6.07) is 8.24. The molecule has 0 unspecified atom stereocenters. The van der Waals surface area contributed by atoms with E-state index in [0.717, 1.165) is 6.07 Å². The molecule has 0 aromatic heterocycles. The molecule has 0 atom stereocenters. The molecular formula is C14H7ClFNO2. The van der Waals surface area contributed by atoms with Gasteiger partial charge in [-0.1, -0.05) is 11.6 Å². The van der Waals surface area contributed by atoms with Gasteiger partial charge in [-0.3, -0.25) is 4.79 Å². The Bertz CT molecular complexity index is 707. The molecule has 2 rings (SSSR count). The first kappa shape index (κ1) is 13.1. The number of hydrogen-bond acceptors (Lipinski definition) is 3. The van der Waals surface area contributed by atoms with Crippen LogP contribution in [0.15, 0.2) is 30.3 Å². The number of rotatable bonds is 2. The second-order valence-corrected chi connectivity index (χ2v) is 4.22. The average molecular weight is 276 g/mol. The lowest BCUT2D eigenvalue weighted by Gasteiger charge is -2.08. The van der Waals surface area contributed by atoms with Gasteiger partial charge in [-0.05, 0) is 30.3 Å². The minimum Gasteiger partial charge on any atom is -0.507 e. The van der Waals surface area contributed by atoms with Crippen molar-refractivity contribution in [1.29, 1.82) is 5.26 Å². The smallest absolute Gasteiger partial charge is 0.151 e. The minimum atomic E-state index is -0.675. The number of phenolic OH excluding ortho intramolecular Hbond substituents is 1. The molecule has 1 N–H and O–H groups in total. The fourth-order valence-corrected chi connectivity index (χ4v) is 1.90. The average Bonchev–Trinajstić information content (AvgIpc) is 2.41. The first-order valence-corrected chi connectivity index (χ1v) is 5.62. The van der Waals surface area contributed by atoms with E-state index in [1.165, 1.54) is 24.3 Å². The standard InChI is InChI=1S/C14H7ClFNO2/c15-12-5-11(13(16)4-9(12)7-18)10-2-1-8(6-17)3-14(10)19/h1-5,7,19H. The van der Waals surface area contributed by atoms with Crippen molar-refractivity contribution in [2.45, 2.75) is 0 Å². The molecule has 2 aromatic carbocycles. The van der Waals surface area contributed by atoms with Crippen molar-refractivity contribution in [3.05, 3.63) is 52.3 Å². The van der Waals surface area contributed by atoms with E-state index in [2.05, 4.69) is 0 Å². The molecule has 0 bridgehead atoms. The summed E-state index contributed by atoms with van der Waals surface area (Å²) in [6.45, 7) is 0. The highest BCUT2D eigenvalue weighted by molar-refractivity contribution is 6.33. The fourth-order valence-electron chi connectivity index (χ4n) is 1.69. The van der Waals surface area contributed by atoms with Crippen LogP contribution >= 0.6 is 11.6 Å². The first-order chi connectivity index (χ1) is 9.06. The summed E-state index contributed by atoms with van der Waals surface area (Å²) in [5.74, 6) is -0.903. The molecule has 2 aromatic rings. The summed E-state index contributed by atoms with van der Waals surface area (Å²) in [4.78, 5) is 10.6. The zero-order chi connectivity index (χ0) is 14.0. The van der Waals surface area contributed by atoms with Gasteiger partial charge in [0.1, 0.15) is 11.6 Å². The van der Waals surface area contributed by atoms with Gasteiger partial charge in [-0.25, -0.2) is 4.39 Å². The molecule has 0 saturated heterocycles. The van der Waals surface area contributed by atoms with Crippen LogP contribution < -0.4 is 0 Å². The second kappa shape index (κ2) is 5.09. The second-order valence-electron chi connectivity index (χ2n) is 3.82. The molecular weight excluding hydrogens is 269 g/mol. The predicted octanol–water partition coefficient (Wildman–Crippen LogP) is 3.54. The van der Waals surface area contributed by atoms with Crippen LogP contribution in [-0.2, 0) is 0 Å². The van der Waals surface area contributed by atoms with Crippen molar-refractivity contribution in [2.24, 2.45) is 0 Å². The van der Waals surface area contributed by atoms with E-state index >= 15 is 0 Å². The highest BCUT2D eigenvalue weighted by Gasteiger charge is 2.13. The minimum absolute atomic E-state index is 0.0380. The van der Waals surface area contributed by atoms with Crippen molar-refractivity contribution < 1.29 is 14.3 Å². The van der Waals surface area contributed by atoms with E-state index in [-0.39, 0.29) is 33.0 Å². The quantitative estimate of drug-likeness (QED) is 0.853. The predicted molar refractivity (Wildman–Crippen MR) is 68.6 cm³/mol.